The molecule has 16 heavy (non-hydrogen) atoms. The molecule has 0 aromatic heterocycles. The van der Waals surface area contributed by atoms with E-state index >= 15 is 0 Å². The van der Waals surface area contributed by atoms with Crippen LogP contribution in [0.4, 0.5) is 0 Å². The zero-order chi connectivity index (χ0) is 12.9. The molecule has 1 unspecified atom stereocenters. The second-order valence-electron chi connectivity index (χ2n) is 4.87. The first kappa shape index (κ1) is 15.4. The van der Waals surface area contributed by atoms with Gasteiger partial charge in [-0.3, -0.25) is 4.79 Å². The molecule has 0 aliphatic carbocycles. The molecule has 0 fully saturated rings. The SMILES string of the molecule is CC(C)C(C)C(=O)N(CCC(N)=S)C(C)C. The van der Waals surface area contributed by atoms with Crippen LogP contribution in [-0.2, 0) is 4.79 Å². The average Bonchev–Trinajstić information content (AvgIpc) is 2.15. The fourth-order valence-corrected chi connectivity index (χ4v) is 1.49. The number of amides is 1. The van der Waals surface area contributed by atoms with E-state index in [9.17, 15) is 4.79 Å². The number of hydrogen-bond acceptors (Lipinski definition) is 2. The molecule has 4 heteroatoms. The monoisotopic (exact) mass is 244 g/mol. The summed E-state index contributed by atoms with van der Waals surface area (Å²) in [4.78, 5) is 14.5. The molecule has 3 nitrogen and oxygen atoms in total. The van der Waals surface area contributed by atoms with E-state index < -0.39 is 0 Å². The standard InChI is InChI=1S/C12H24N2OS/c1-8(2)10(5)12(15)14(9(3)4)7-6-11(13)16/h8-10H,6-7H2,1-5H3,(H2,13,16). The van der Waals surface area contributed by atoms with Crippen molar-refractivity contribution in [3.8, 4) is 0 Å². The summed E-state index contributed by atoms with van der Waals surface area (Å²) in [5, 5.41) is 0. The van der Waals surface area contributed by atoms with Crippen molar-refractivity contribution in [2.75, 3.05) is 6.54 Å². The third-order valence-corrected chi connectivity index (χ3v) is 3.10. The Bertz CT molecular complexity index is 251. The van der Waals surface area contributed by atoms with E-state index in [2.05, 4.69) is 13.8 Å². The summed E-state index contributed by atoms with van der Waals surface area (Å²) in [6, 6.07) is 0.197. The van der Waals surface area contributed by atoms with Crippen molar-refractivity contribution in [2.45, 2.75) is 47.1 Å². The Hall–Kier alpha value is -0.640. The maximum atomic E-state index is 12.2. The van der Waals surface area contributed by atoms with Crippen LogP contribution in [0.1, 0.15) is 41.0 Å². The van der Waals surface area contributed by atoms with Gasteiger partial charge in [0.25, 0.3) is 0 Å². The lowest BCUT2D eigenvalue weighted by molar-refractivity contribution is -0.137. The molecule has 0 spiro atoms. The van der Waals surface area contributed by atoms with Crippen molar-refractivity contribution < 1.29 is 4.79 Å². The third kappa shape index (κ3) is 4.92. The van der Waals surface area contributed by atoms with Gasteiger partial charge in [-0.15, -0.1) is 0 Å². The molecular weight excluding hydrogens is 220 g/mol. The van der Waals surface area contributed by atoms with E-state index in [1.807, 2.05) is 25.7 Å². The van der Waals surface area contributed by atoms with Gasteiger partial charge >= 0.3 is 0 Å². The highest BCUT2D eigenvalue weighted by Crippen LogP contribution is 2.15. The number of hydrogen-bond donors (Lipinski definition) is 1. The molecule has 1 amide bonds. The van der Waals surface area contributed by atoms with Gasteiger partial charge in [0.2, 0.25) is 5.91 Å². The molecule has 0 aromatic carbocycles. The highest BCUT2D eigenvalue weighted by atomic mass is 32.1. The summed E-state index contributed by atoms with van der Waals surface area (Å²) in [6.07, 6.45) is 0.601. The Morgan fingerprint density at radius 1 is 1.25 bits per heavy atom. The van der Waals surface area contributed by atoms with Gasteiger partial charge in [0.05, 0.1) is 4.99 Å². The molecule has 0 aliphatic rings. The molecular formula is C12H24N2OS. The van der Waals surface area contributed by atoms with Crippen molar-refractivity contribution in [1.82, 2.24) is 4.90 Å². The molecule has 2 N–H and O–H groups in total. The normalized spacial score (nSPS) is 12.9. The van der Waals surface area contributed by atoms with Crippen LogP contribution in [0.5, 0.6) is 0 Å². The van der Waals surface area contributed by atoms with Gasteiger partial charge in [0, 0.05) is 24.9 Å². The fraction of sp³-hybridized carbons (Fsp3) is 0.833. The lowest BCUT2D eigenvalue weighted by Gasteiger charge is -2.30. The Labute approximate surface area is 104 Å². The first-order chi connectivity index (χ1) is 7.27. The van der Waals surface area contributed by atoms with Gasteiger partial charge < -0.3 is 10.6 Å². The quantitative estimate of drug-likeness (QED) is 0.729. The summed E-state index contributed by atoms with van der Waals surface area (Å²) in [5.74, 6) is 0.605. The molecule has 94 valence electrons. The molecule has 0 bridgehead atoms. The highest BCUT2D eigenvalue weighted by Gasteiger charge is 2.24. The van der Waals surface area contributed by atoms with Crippen LogP contribution < -0.4 is 5.73 Å². The lowest BCUT2D eigenvalue weighted by atomic mass is 9.96. The van der Waals surface area contributed by atoms with Gasteiger partial charge in [-0.25, -0.2) is 0 Å². The number of rotatable bonds is 6. The van der Waals surface area contributed by atoms with Crippen LogP contribution in [0.3, 0.4) is 0 Å². The summed E-state index contributed by atoms with van der Waals surface area (Å²) in [5.41, 5.74) is 5.47. The molecule has 0 saturated carbocycles. The first-order valence-electron chi connectivity index (χ1n) is 5.86. The predicted molar refractivity (Wildman–Crippen MR) is 72.3 cm³/mol. The lowest BCUT2D eigenvalue weighted by Crippen LogP contribution is -2.43. The first-order valence-corrected chi connectivity index (χ1v) is 6.27. The Morgan fingerprint density at radius 3 is 2.06 bits per heavy atom. The number of carbonyl (C=O) groups is 1. The van der Waals surface area contributed by atoms with Crippen molar-refractivity contribution >= 4 is 23.1 Å². The minimum absolute atomic E-state index is 0.0498. The molecule has 0 rings (SSSR count). The molecule has 0 aromatic rings. The molecule has 0 radical (unpaired) electrons. The van der Waals surface area contributed by atoms with Crippen LogP contribution in [0.15, 0.2) is 0 Å². The number of carbonyl (C=O) groups excluding carboxylic acids is 1. The van der Waals surface area contributed by atoms with E-state index in [1.54, 1.807) is 0 Å². The van der Waals surface area contributed by atoms with Gasteiger partial charge in [0.1, 0.15) is 0 Å². The summed E-state index contributed by atoms with van der Waals surface area (Å²) in [6.45, 7) is 10.8. The predicted octanol–water partition coefficient (Wildman–Crippen LogP) is 2.19. The van der Waals surface area contributed by atoms with E-state index in [4.69, 9.17) is 18.0 Å². The van der Waals surface area contributed by atoms with E-state index in [-0.39, 0.29) is 17.9 Å². The second kappa shape index (κ2) is 6.84. The average molecular weight is 244 g/mol. The topological polar surface area (TPSA) is 46.3 Å². The van der Waals surface area contributed by atoms with Crippen molar-refractivity contribution in [3.63, 3.8) is 0 Å². The smallest absolute Gasteiger partial charge is 0.225 e. The third-order valence-electron chi connectivity index (χ3n) is 2.90. The van der Waals surface area contributed by atoms with E-state index in [1.165, 1.54) is 0 Å². The highest BCUT2D eigenvalue weighted by molar-refractivity contribution is 7.80. The second-order valence-corrected chi connectivity index (χ2v) is 5.40. The van der Waals surface area contributed by atoms with Gasteiger partial charge in [-0.05, 0) is 19.8 Å². The zero-order valence-corrected chi connectivity index (χ0v) is 11.8. The number of thiocarbonyl (C=S) groups is 1. The van der Waals surface area contributed by atoms with E-state index in [0.717, 1.165) is 0 Å². The summed E-state index contributed by atoms with van der Waals surface area (Å²) in [7, 11) is 0. The van der Waals surface area contributed by atoms with Crippen molar-refractivity contribution in [1.29, 1.82) is 0 Å². The molecule has 0 heterocycles. The molecule has 0 saturated heterocycles. The summed E-state index contributed by atoms with van der Waals surface area (Å²) < 4.78 is 0. The maximum Gasteiger partial charge on any atom is 0.225 e. The van der Waals surface area contributed by atoms with E-state index in [0.29, 0.717) is 23.9 Å². The Balaban J connectivity index is 4.53. The Kier molecular flexibility index (Phi) is 6.56. The van der Waals surface area contributed by atoms with Crippen molar-refractivity contribution in [3.05, 3.63) is 0 Å². The van der Waals surface area contributed by atoms with Gasteiger partial charge in [0.15, 0.2) is 0 Å². The molecule has 0 aliphatic heterocycles. The summed E-state index contributed by atoms with van der Waals surface area (Å²) >= 11 is 4.84. The van der Waals surface area contributed by atoms with Gasteiger partial charge in [-0.1, -0.05) is 33.0 Å². The largest absolute Gasteiger partial charge is 0.393 e. The van der Waals surface area contributed by atoms with Crippen LogP contribution in [0.2, 0.25) is 0 Å². The van der Waals surface area contributed by atoms with Gasteiger partial charge in [-0.2, -0.15) is 0 Å². The van der Waals surface area contributed by atoms with Crippen molar-refractivity contribution in [2.24, 2.45) is 17.6 Å². The van der Waals surface area contributed by atoms with Crippen LogP contribution in [0.25, 0.3) is 0 Å². The number of nitrogens with zero attached hydrogens (tertiary/aromatic N) is 1. The maximum absolute atomic E-state index is 12.2. The Morgan fingerprint density at radius 2 is 1.75 bits per heavy atom. The minimum Gasteiger partial charge on any atom is -0.393 e. The minimum atomic E-state index is 0.0498. The fourth-order valence-electron chi connectivity index (χ4n) is 1.40. The van der Waals surface area contributed by atoms with Crippen LogP contribution in [0, 0.1) is 11.8 Å². The van der Waals surface area contributed by atoms with Crippen LogP contribution in [-0.4, -0.2) is 28.4 Å². The number of nitrogens with two attached hydrogens (primary N) is 1. The molecule has 1 atom stereocenters. The zero-order valence-electron chi connectivity index (χ0n) is 11.0. The van der Waals surface area contributed by atoms with Crippen LogP contribution >= 0.6 is 12.2 Å².